The van der Waals surface area contributed by atoms with Crippen LogP contribution in [0, 0.1) is 11.8 Å². The minimum absolute atomic E-state index is 0.0629. The predicted molar refractivity (Wildman–Crippen MR) is 112 cm³/mol. The zero-order valence-corrected chi connectivity index (χ0v) is 17.4. The normalized spacial score (nSPS) is 10.5. The van der Waals surface area contributed by atoms with Gasteiger partial charge in [0.15, 0.2) is 6.61 Å². The molecule has 0 bridgehead atoms. The maximum atomic E-state index is 12.4. The van der Waals surface area contributed by atoms with Crippen molar-refractivity contribution < 1.29 is 23.5 Å². The summed E-state index contributed by atoms with van der Waals surface area (Å²) in [5, 5.41) is 6.88. The van der Waals surface area contributed by atoms with Gasteiger partial charge in [-0.05, 0) is 56.4 Å². The molecule has 0 aliphatic heterocycles. The average Bonchev–Trinajstić information content (AvgIpc) is 3.07. The van der Waals surface area contributed by atoms with E-state index in [1.165, 1.54) is 4.68 Å². The molecule has 1 aromatic heterocycles. The lowest BCUT2D eigenvalue weighted by Crippen LogP contribution is -2.20. The van der Waals surface area contributed by atoms with Crippen LogP contribution in [0.4, 0.5) is 5.69 Å². The summed E-state index contributed by atoms with van der Waals surface area (Å²) in [5.74, 6) is 0.116. The number of carbonyl (C=O) groups is 2. The summed E-state index contributed by atoms with van der Waals surface area (Å²) >= 11 is 5.12. The van der Waals surface area contributed by atoms with Gasteiger partial charge in [0.1, 0.15) is 12.3 Å². The van der Waals surface area contributed by atoms with Crippen LogP contribution in [0.2, 0.25) is 0 Å². The van der Waals surface area contributed by atoms with E-state index >= 15 is 0 Å². The second-order valence-corrected chi connectivity index (χ2v) is 6.72. The van der Waals surface area contributed by atoms with Crippen molar-refractivity contribution in [3.8, 4) is 5.75 Å². The first-order valence-electron chi connectivity index (χ1n) is 9.28. The van der Waals surface area contributed by atoms with Crippen molar-refractivity contribution >= 4 is 29.8 Å². The molecule has 0 spiro atoms. The molecule has 3 aromatic rings. The molecule has 3 rings (SSSR count). The molecule has 0 unspecified atom stereocenters. The third-order valence-electron chi connectivity index (χ3n) is 3.98. The van der Waals surface area contributed by atoms with Crippen molar-refractivity contribution in [2.45, 2.75) is 27.0 Å². The molecule has 9 heteroatoms. The second kappa shape index (κ2) is 9.84. The number of hydrogen-bond acceptors (Lipinski definition) is 7. The van der Waals surface area contributed by atoms with Gasteiger partial charge in [0.05, 0.1) is 12.2 Å². The molecule has 0 atom stereocenters. The Morgan fingerprint density at radius 2 is 1.97 bits per heavy atom. The fraction of sp³-hybridized carbons (Fsp3) is 0.238. The smallest absolute Gasteiger partial charge is 0.338 e. The Balaban J connectivity index is 1.59. The average molecular weight is 427 g/mol. The van der Waals surface area contributed by atoms with E-state index in [1.54, 1.807) is 31.2 Å². The number of benzene rings is 2. The molecule has 156 valence electrons. The number of nitrogens with zero attached hydrogens (tertiary/aromatic N) is 2. The highest BCUT2D eigenvalue weighted by Gasteiger charge is 2.12. The van der Waals surface area contributed by atoms with E-state index in [-0.39, 0.29) is 36.4 Å². The Morgan fingerprint density at radius 3 is 2.70 bits per heavy atom. The third-order valence-corrected chi connectivity index (χ3v) is 4.28. The largest absolute Gasteiger partial charge is 0.484 e. The monoisotopic (exact) mass is 427 g/mol. The van der Waals surface area contributed by atoms with Crippen molar-refractivity contribution in [3.63, 3.8) is 0 Å². The number of aromatic nitrogens is 2. The Kier molecular flexibility index (Phi) is 6.97. The van der Waals surface area contributed by atoms with Crippen LogP contribution in [-0.2, 0) is 22.7 Å². The van der Waals surface area contributed by atoms with Crippen LogP contribution in [-0.4, -0.2) is 28.3 Å². The zero-order chi connectivity index (χ0) is 21.5. The number of anilines is 1. The second-order valence-electron chi connectivity index (χ2n) is 6.37. The summed E-state index contributed by atoms with van der Waals surface area (Å²) in [6.45, 7) is 3.93. The van der Waals surface area contributed by atoms with Crippen molar-refractivity contribution in [2.75, 3.05) is 11.9 Å². The van der Waals surface area contributed by atoms with Gasteiger partial charge >= 0.3 is 5.97 Å². The van der Waals surface area contributed by atoms with E-state index in [1.807, 2.05) is 31.2 Å². The molecule has 2 aromatic carbocycles. The van der Waals surface area contributed by atoms with Crippen molar-refractivity contribution in [1.82, 2.24) is 9.78 Å². The van der Waals surface area contributed by atoms with Gasteiger partial charge < -0.3 is 19.2 Å². The van der Waals surface area contributed by atoms with Gasteiger partial charge in [0.25, 0.3) is 10.7 Å². The van der Waals surface area contributed by atoms with Crippen LogP contribution in [0.1, 0.15) is 28.7 Å². The van der Waals surface area contributed by atoms with E-state index in [0.29, 0.717) is 17.0 Å². The van der Waals surface area contributed by atoms with E-state index in [9.17, 15) is 9.59 Å². The maximum absolute atomic E-state index is 12.4. The van der Waals surface area contributed by atoms with Crippen LogP contribution in [0.3, 0.4) is 0 Å². The summed E-state index contributed by atoms with van der Waals surface area (Å²) in [6.07, 6.45) is 0. The molecule has 1 amide bonds. The van der Waals surface area contributed by atoms with Gasteiger partial charge in [-0.25, -0.2) is 9.48 Å². The highest BCUT2D eigenvalue weighted by molar-refractivity contribution is 7.71. The molecule has 0 radical (unpaired) electrons. The van der Waals surface area contributed by atoms with E-state index in [0.717, 1.165) is 5.56 Å². The zero-order valence-electron chi connectivity index (χ0n) is 16.6. The van der Waals surface area contributed by atoms with Crippen LogP contribution in [0.25, 0.3) is 0 Å². The summed E-state index contributed by atoms with van der Waals surface area (Å²) in [5.41, 5.74) is 1.94. The van der Waals surface area contributed by atoms with Crippen LogP contribution in [0.5, 0.6) is 5.75 Å². The molecule has 8 nitrogen and oxygen atoms in total. The summed E-state index contributed by atoms with van der Waals surface area (Å²) < 4.78 is 17.2. The van der Waals surface area contributed by atoms with Gasteiger partial charge in [-0.15, -0.1) is 5.10 Å². The number of rotatable bonds is 8. The number of esters is 1. The minimum atomic E-state index is -0.453. The Hall–Kier alpha value is -3.46. The molecular weight excluding hydrogens is 406 g/mol. The summed E-state index contributed by atoms with van der Waals surface area (Å²) in [6, 6.07) is 14.0. The number of nitrogens with one attached hydrogen (secondary N) is 1. The molecule has 0 saturated carbocycles. The van der Waals surface area contributed by atoms with Crippen LogP contribution >= 0.6 is 12.2 Å². The molecule has 1 heterocycles. The highest BCUT2D eigenvalue weighted by atomic mass is 32.1. The first-order chi connectivity index (χ1) is 14.4. The van der Waals surface area contributed by atoms with Gasteiger partial charge in [0.2, 0.25) is 5.91 Å². The van der Waals surface area contributed by atoms with Crippen LogP contribution in [0.15, 0.2) is 52.9 Å². The molecule has 0 fully saturated rings. The number of aryl methyl sites for hydroxylation is 1. The number of hydrogen-bond donors (Lipinski definition) is 1. The van der Waals surface area contributed by atoms with Gasteiger partial charge in [-0.1, -0.05) is 23.8 Å². The third kappa shape index (κ3) is 5.77. The van der Waals surface area contributed by atoms with Gasteiger partial charge in [-0.2, -0.15) is 0 Å². The van der Waals surface area contributed by atoms with E-state index < -0.39 is 5.97 Å². The lowest BCUT2D eigenvalue weighted by atomic mass is 10.2. The van der Waals surface area contributed by atoms with E-state index in [4.69, 9.17) is 26.1 Å². The molecule has 1 N–H and O–H groups in total. The molecule has 0 aliphatic rings. The highest BCUT2D eigenvalue weighted by Crippen LogP contribution is 2.14. The molecule has 30 heavy (non-hydrogen) atoms. The predicted octanol–water partition coefficient (Wildman–Crippen LogP) is 3.91. The van der Waals surface area contributed by atoms with Crippen molar-refractivity contribution in [3.05, 3.63) is 70.4 Å². The SMILES string of the molecule is CCOC(=O)c1cccc(NC(=O)Cn2nc(COc3ccc(C)cc3)oc2=S)c1. The van der Waals surface area contributed by atoms with Gasteiger partial charge in [0, 0.05) is 5.69 Å². The number of amides is 1. The summed E-state index contributed by atoms with van der Waals surface area (Å²) in [4.78, 5) is 24.2. The molecule has 0 aliphatic carbocycles. The lowest BCUT2D eigenvalue weighted by Gasteiger charge is -2.07. The Morgan fingerprint density at radius 1 is 1.20 bits per heavy atom. The standard InChI is InChI=1S/C21H21N3O5S/c1-3-27-20(26)15-5-4-6-16(11-15)22-18(25)12-24-21(30)29-19(23-24)13-28-17-9-7-14(2)8-10-17/h4-11H,3,12-13H2,1-2H3,(H,22,25). The minimum Gasteiger partial charge on any atom is -0.484 e. The Labute approximate surface area is 178 Å². The number of ether oxygens (including phenoxy) is 2. The topological polar surface area (TPSA) is 95.6 Å². The summed E-state index contributed by atoms with van der Waals surface area (Å²) in [7, 11) is 0. The fourth-order valence-corrected chi connectivity index (χ4v) is 2.76. The van der Waals surface area contributed by atoms with Crippen LogP contribution < -0.4 is 10.1 Å². The van der Waals surface area contributed by atoms with Crippen molar-refractivity contribution in [1.29, 1.82) is 0 Å². The maximum Gasteiger partial charge on any atom is 0.338 e. The fourth-order valence-electron chi connectivity index (χ4n) is 2.56. The van der Waals surface area contributed by atoms with Gasteiger partial charge in [-0.3, -0.25) is 4.79 Å². The first kappa shape index (κ1) is 21.3. The van der Waals surface area contributed by atoms with Crippen molar-refractivity contribution in [2.24, 2.45) is 0 Å². The first-order valence-corrected chi connectivity index (χ1v) is 9.68. The quantitative estimate of drug-likeness (QED) is 0.430. The number of carbonyl (C=O) groups excluding carboxylic acids is 2. The molecular formula is C21H21N3O5S. The Bertz CT molecular complexity index is 1090. The van der Waals surface area contributed by atoms with E-state index in [2.05, 4.69) is 10.4 Å². The lowest BCUT2D eigenvalue weighted by molar-refractivity contribution is -0.117. The molecule has 0 saturated heterocycles.